The van der Waals surface area contributed by atoms with Crippen molar-refractivity contribution in [3.63, 3.8) is 0 Å². The molecule has 0 radical (unpaired) electrons. The summed E-state index contributed by atoms with van der Waals surface area (Å²) >= 11 is 0. The van der Waals surface area contributed by atoms with Crippen LogP contribution in [0.3, 0.4) is 0 Å². The third kappa shape index (κ3) is 2.70. The fraction of sp³-hybridized carbons (Fsp3) is 0.400. The van der Waals surface area contributed by atoms with Crippen LogP contribution >= 0.6 is 0 Å². The first-order valence-electron chi connectivity index (χ1n) is 5.79. The SMILES string of the molecule is CCCn1cc(S(=O)(=O)Nc2[nH]ncc2C)c(N)n1. The Morgan fingerprint density at radius 1 is 1.53 bits per heavy atom. The zero-order valence-corrected chi connectivity index (χ0v) is 11.5. The van der Waals surface area contributed by atoms with Crippen molar-refractivity contribution in [1.82, 2.24) is 20.0 Å². The zero-order chi connectivity index (χ0) is 14.0. The normalized spacial score (nSPS) is 11.7. The Kier molecular flexibility index (Phi) is 3.47. The standard InChI is InChI=1S/C10H16N6O2S/c1-3-4-16-6-8(9(11)14-16)19(17,18)15-10-7(2)5-12-13-10/h5-6H,3-4H2,1-2H3,(H2,11,14)(H2,12,13,15). The van der Waals surface area contributed by atoms with Gasteiger partial charge in [-0.05, 0) is 13.3 Å². The quantitative estimate of drug-likeness (QED) is 0.747. The molecule has 0 spiro atoms. The van der Waals surface area contributed by atoms with Crippen LogP contribution in [0.15, 0.2) is 17.3 Å². The summed E-state index contributed by atoms with van der Waals surface area (Å²) in [6.45, 7) is 4.33. The van der Waals surface area contributed by atoms with Crippen LogP contribution in [0.25, 0.3) is 0 Å². The second-order valence-electron chi connectivity index (χ2n) is 4.18. The molecule has 0 aromatic carbocycles. The van der Waals surface area contributed by atoms with Gasteiger partial charge >= 0.3 is 0 Å². The number of hydrogen-bond acceptors (Lipinski definition) is 5. The third-order valence-corrected chi connectivity index (χ3v) is 3.93. The molecule has 8 nitrogen and oxygen atoms in total. The summed E-state index contributed by atoms with van der Waals surface area (Å²) in [7, 11) is -3.76. The predicted octanol–water partition coefficient (Wildman–Crippen LogP) is 0.708. The number of nitrogens with one attached hydrogen (secondary N) is 2. The molecule has 2 aromatic heterocycles. The van der Waals surface area contributed by atoms with Gasteiger partial charge in [0.25, 0.3) is 10.0 Å². The van der Waals surface area contributed by atoms with Crippen molar-refractivity contribution in [3.05, 3.63) is 18.0 Å². The molecule has 9 heteroatoms. The smallest absolute Gasteiger partial charge is 0.268 e. The summed E-state index contributed by atoms with van der Waals surface area (Å²) in [5, 5.41) is 10.3. The Morgan fingerprint density at radius 3 is 2.84 bits per heavy atom. The Morgan fingerprint density at radius 2 is 2.26 bits per heavy atom. The summed E-state index contributed by atoms with van der Waals surface area (Å²) in [6, 6.07) is 0. The lowest BCUT2D eigenvalue weighted by Crippen LogP contribution is -2.14. The molecule has 0 saturated carbocycles. The second-order valence-corrected chi connectivity index (χ2v) is 5.83. The van der Waals surface area contributed by atoms with Crippen molar-refractivity contribution in [2.75, 3.05) is 10.5 Å². The molecule has 2 aromatic rings. The van der Waals surface area contributed by atoms with Crippen LogP contribution in [0, 0.1) is 6.92 Å². The van der Waals surface area contributed by atoms with Crippen molar-refractivity contribution >= 4 is 21.7 Å². The highest BCUT2D eigenvalue weighted by molar-refractivity contribution is 7.92. The zero-order valence-electron chi connectivity index (χ0n) is 10.7. The van der Waals surface area contributed by atoms with Crippen LogP contribution in [0.4, 0.5) is 11.6 Å². The number of aryl methyl sites for hydroxylation is 2. The first kappa shape index (κ1) is 13.4. The lowest BCUT2D eigenvalue weighted by molar-refractivity contribution is 0.595. The van der Waals surface area contributed by atoms with E-state index < -0.39 is 10.0 Å². The van der Waals surface area contributed by atoms with Crippen LogP contribution < -0.4 is 10.5 Å². The van der Waals surface area contributed by atoms with Crippen LogP contribution in [0.5, 0.6) is 0 Å². The van der Waals surface area contributed by atoms with Crippen LogP contribution in [0.1, 0.15) is 18.9 Å². The first-order chi connectivity index (χ1) is 8.94. The third-order valence-electron chi connectivity index (χ3n) is 2.56. The van der Waals surface area contributed by atoms with Gasteiger partial charge in [0.15, 0.2) is 5.82 Å². The van der Waals surface area contributed by atoms with E-state index in [1.807, 2.05) is 6.92 Å². The highest BCUT2D eigenvalue weighted by atomic mass is 32.2. The van der Waals surface area contributed by atoms with E-state index in [0.717, 1.165) is 6.42 Å². The van der Waals surface area contributed by atoms with Gasteiger partial charge < -0.3 is 5.73 Å². The van der Waals surface area contributed by atoms with Gasteiger partial charge in [0.2, 0.25) is 0 Å². The molecule has 2 rings (SSSR count). The number of aromatic nitrogens is 4. The minimum absolute atomic E-state index is 0.0156. The molecule has 19 heavy (non-hydrogen) atoms. The fourth-order valence-electron chi connectivity index (χ4n) is 1.61. The number of hydrogen-bond donors (Lipinski definition) is 3. The summed E-state index contributed by atoms with van der Waals surface area (Å²) in [4.78, 5) is -0.0325. The highest BCUT2D eigenvalue weighted by Gasteiger charge is 2.22. The van der Waals surface area contributed by atoms with Crippen LogP contribution in [-0.2, 0) is 16.6 Å². The second kappa shape index (κ2) is 4.92. The number of nitrogens with two attached hydrogens (primary N) is 1. The number of H-pyrrole nitrogens is 1. The molecule has 0 bridgehead atoms. The van der Waals surface area contributed by atoms with E-state index in [4.69, 9.17) is 5.73 Å². The van der Waals surface area contributed by atoms with E-state index in [1.54, 1.807) is 6.92 Å². The predicted molar refractivity (Wildman–Crippen MR) is 71.1 cm³/mol. The molecular weight excluding hydrogens is 268 g/mol. The summed E-state index contributed by atoms with van der Waals surface area (Å²) in [5.41, 5.74) is 6.35. The number of aromatic amines is 1. The number of sulfonamides is 1. The van der Waals surface area contributed by atoms with Gasteiger partial charge in [-0.2, -0.15) is 10.2 Å². The van der Waals surface area contributed by atoms with Gasteiger partial charge in [0, 0.05) is 18.3 Å². The lowest BCUT2D eigenvalue weighted by Gasteiger charge is -2.05. The van der Waals surface area contributed by atoms with Gasteiger partial charge in [-0.15, -0.1) is 0 Å². The first-order valence-corrected chi connectivity index (χ1v) is 7.28. The van der Waals surface area contributed by atoms with Gasteiger partial charge in [0.1, 0.15) is 10.7 Å². The molecule has 0 fully saturated rings. The molecule has 0 atom stereocenters. The summed E-state index contributed by atoms with van der Waals surface area (Å²) in [5.74, 6) is 0.306. The van der Waals surface area contributed by atoms with Crippen LogP contribution in [-0.4, -0.2) is 28.4 Å². The molecule has 0 saturated heterocycles. The van der Waals surface area contributed by atoms with Crippen molar-refractivity contribution < 1.29 is 8.42 Å². The average Bonchev–Trinajstić information content (AvgIpc) is 2.87. The van der Waals surface area contributed by atoms with Crippen molar-refractivity contribution in [3.8, 4) is 0 Å². The summed E-state index contributed by atoms with van der Waals surface area (Å²) in [6.07, 6.45) is 3.79. The summed E-state index contributed by atoms with van der Waals surface area (Å²) < 4.78 is 28.3. The van der Waals surface area contributed by atoms with E-state index in [1.165, 1.54) is 17.1 Å². The number of rotatable bonds is 5. The molecule has 4 N–H and O–H groups in total. The molecule has 0 unspecified atom stereocenters. The molecule has 2 heterocycles. The number of nitrogen functional groups attached to an aromatic ring is 1. The number of nitrogens with zero attached hydrogens (tertiary/aromatic N) is 3. The van der Waals surface area contributed by atoms with Gasteiger partial charge in [-0.3, -0.25) is 14.5 Å². The monoisotopic (exact) mass is 284 g/mol. The van der Waals surface area contributed by atoms with E-state index >= 15 is 0 Å². The Bertz CT molecular complexity index is 672. The molecule has 0 aliphatic heterocycles. The largest absolute Gasteiger partial charge is 0.381 e. The van der Waals surface area contributed by atoms with Crippen molar-refractivity contribution in [2.24, 2.45) is 0 Å². The molecule has 0 aliphatic carbocycles. The van der Waals surface area contributed by atoms with E-state index in [9.17, 15) is 8.42 Å². The Labute approximate surface area is 111 Å². The molecule has 104 valence electrons. The van der Waals surface area contributed by atoms with E-state index in [2.05, 4.69) is 20.0 Å². The molecular formula is C10H16N6O2S. The maximum Gasteiger partial charge on any atom is 0.268 e. The van der Waals surface area contributed by atoms with Crippen molar-refractivity contribution in [2.45, 2.75) is 31.7 Å². The van der Waals surface area contributed by atoms with Gasteiger partial charge in [-0.1, -0.05) is 6.92 Å². The highest BCUT2D eigenvalue weighted by Crippen LogP contribution is 2.20. The Balaban J connectivity index is 2.32. The Hall–Kier alpha value is -2.03. The minimum atomic E-state index is -3.76. The van der Waals surface area contributed by atoms with E-state index in [-0.39, 0.29) is 10.7 Å². The maximum atomic E-state index is 12.2. The van der Waals surface area contributed by atoms with Gasteiger partial charge in [-0.25, -0.2) is 8.42 Å². The minimum Gasteiger partial charge on any atom is -0.381 e. The van der Waals surface area contributed by atoms with Gasteiger partial charge in [0.05, 0.1) is 6.20 Å². The molecule has 0 amide bonds. The lowest BCUT2D eigenvalue weighted by atomic mass is 10.4. The van der Waals surface area contributed by atoms with Crippen LogP contribution in [0.2, 0.25) is 0 Å². The van der Waals surface area contributed by atoms with Crippen molar-refractivity contribution in [1.29, 1.82) is 0 Å². The fourth-order valence-corrected chi connectivity index (χ4v) is 2.77. The average molecular weight is 284 g/mol. The maximum absolute atomic E-state index is 12.2. The topological polar surface area (TPSA) is 119 Å². The van der Waals surface area contributed by atoms with E-state index in [0.29, 0.717) is 17.9 Å². The number of anilines is 2. The molecule has 0 aliphatic rings.